The minimum Gasteiger partial charge on any atom is -0.278 e. The average Bonchev–Trinajstić information content (AvgIpc) is 3.15. The van der Waals surface area contributed by atoms with Gasteiger partial charge in [0, 0.05) is 10.8 Å². The van der Waals surface area contributed by atoms with E-state index >= 15 is 0 Å². The first kappa shape index (κ1) is 13.7. The molecular weight excluding hydrogens is 307 g/mol. The smallest absolute Gasteiger partial charge is 0.278 e. The fourth-order valence-electron chi connectivity index (χ4n) is 2.79. The van der Waals surface area contributed by atoms with Crippen molar-refractivity contribution in [2.24, 2.45) is 0 Å². The second kappa shape index (κ2) is 4.55. The molecule has 4 rings (SSSR count). The summed E-state index contributed by atoms with van der Waals surface area (Å²) in [6, 6.07) is 5.20. The van der Waals surface area contributed by atoms with Gasteiger partial charge in [-0.1, -0.05) is 0 Å². The van der Waals surface area contributed by atoms with Gasteiger partial charge in [-0.2, -0.15) is 23.4 Å². The highest BCUT2D eigenvalue weighted by Crippen LogP contribution is 2.36. The summed E-state index contributed by atoms with van der Waals surface area (Å²) < 4.78 is 39.1. The molecule has 116 valence electrons. The van der Waals surface area contributed by atoms with Gasteiger partial charge in [-0.15, -0.1) is 0 Å². The van der Waals surface area contributed by atoms with E-state index in [0.29, 0.717) is 5.52 Å². The van der Waals surface area contributed by atoms with E-state index in [9.17, 15) is 13.2 Å². The van der Waals surface area contributed by atoms with E-state index in [0.717, 1.165) is 28.0 Å². The first-order valence-electron chi connectivity index (χ1n) is 6.79. The molecule has 0 fully saturated rings. The van der Waals surface area contributed by atoms with Crippen LogP contribution in [0.15, 0.2) is 30.6 Å². The highest BCUT2D eigenvalue weighted by molar-refractivity contribution is 6.06. The van der Waals surface area contributed by atoms with Crippen molar-refractivity contribution in [3.05, 3.63) is 41.9 Å². The fraction of sp³-hybridized carbons (Fsp3) is 0.133. The van der Waals surface area contributed by atoms with Gasteiger partial charge in [0.2, 0.25) is 0 Å². The maximum atomic E-state index is 13.0. The summed E-state index contributed by atoms with van der Waals surface area (Å²) in [6.07, 6.45) is -1.68. The van der Waals surface area contributed by atoms with Crippen LogP contribution in [-0.4, -0.2) is 25.4 Å². The van der Waals surface area contributed by atoms with Crippen LogP contribution >= 0.6 is 0 Å². The van der Waals surface area contributed by atoms with Crippen molar-refractivity contribution >= 4 is 21.8 Å². The third-order valence-corrected chi connectivity index (χ3v) is 3.79. The lowest BCUT2D eigenvalue weighted by molar-refractivity contribution is -0.140. The van der Waals surface area contributed by atoms with Gasteiger partial charge in [0.05, 0.1) is 34.7 Å². The molecule has 2 N–H and O–H groups in total. The van der Waals surface area contributed by atoms with Crippen LogP contribution in [0, 0.1) is 6.92 Å². The predicted molar refractivity (Wildman–Crippen MR) is 78.7 cm³/mol. The maximum absolute atomic E-state index is 13.0. The number of fused-ring (bicyclic) bond motifs is 3. The van der Waals surface area contributed by atoms with E-state index in [1.807, 2.05) is 12.0 Å². The van der Waals surface area contributed by atoms with Crippen LogP contribution in [0.2, 0.25) is 0 Å². The standard InChI is InChI=1S/C15H10F3N5/c1-7-4-12(9-6-20-23-14(9)15(16,17)18)21-11-3-2-10-8(13(7)11)5-19-22-10/h2-6H,1H3,(H,19,22)(H,20,23). The molecule has 1 aromatic carbocycles. The Kier molecular flexibility index (Phi) is 2.72. The number of rotatable bonds is 1. The Hall–Kier alpha value is -2.90. The molecular formula is C15H10F3N5. The summed E-state index contributed by atoms with van der Waals surface area (Å²) >= 11 is 0. The summed E-state index contributed by atoms with van der Waals surface area (Å²) in [4.78, 5) is 4.38. The number of nitrogens with zero attached hydrogens (tertiary/aromatic N) is 3. The fourth-order valence-corrected chi connectivity index (χ4v) is 2.79. The van der Waals surface area contributed by atoms with Gasteiger partial charge in [0.15, 0.2) is 0 Å². The normalized spacial score (nSPS) is 12.3. The zero-order chi connectivity index (χ0) is 16.2. The molecule has 0 saturated carbocycles. The van der Waals surface area contributed by atoms with Gasteiger partial charge < -0.3 is 0 Å². The quantitative estimate of drug-likeness (QED) is 0.560. The lowest BCUT2D eigenvalue weighted by atomic mass is 10.0. The molecule has 0 radical (unpaired) electrons. The Balaban J connectivity index is 2.00. The van der Waals surface area contributed by atoms with Crippen molar-refractivity contribution in [1.82, 2.24) is 25.4 Å². The maximum Gasteiger partial charge on any atom is 0.433 e. The summed E-state index contributed by atoms with van der Waals surface area (Å²) in [5.41, 5.74) is 1.57. The lowest BCUT2D eigenvalue weighted by Crippen LogP contribution is -2.07. The topological polar surface area (TPSA) is 70.2 Å². The third-order valence-electron chi connectivity index (χ3n) is 3.79. The van der Waals surface area contributed by atoms with Gasteiger partial charge >= 0.3 is 6.18 Å². The minimum absolute atomic E-state index is 0.0604. The number of aryl methyl sites for hydroxylation is 1. The van der Waals surface area contributed by atoms with Crippen molar-refractivity contribution < 1.29 is 13.2 Å². The van der Waals surface area contributed by atoms with Crippen LogP contribution in [0.25, 0.3) is 33.1 Å². The number of hydrogen-bond acceptors (Lipinski definition) is 3. The first-order valence-corrected chi connectivity index (χ1v) is 6.79. The van der Waals surface area contributed by atoms with Gasteiger partial charge in [-0.05, 0) is 30.7 Å². The zero-order valence-corrected chi connectivity index (χ0v) is 11.9. The summed E-state index contributed by atoms with van der Waals surface area (Å²) in [6.45, 7) is 1.84. The second-order valence-electron chi connectivity index (χ2n) is 5.27. The van der Waals surface area contributed by atoms with E-state index in [-0.39, 0.29) is 11.3 Å². The average molecular weight is 317 g/mol. The van der Waals surface area contributed by atoms with Crippen molar-refractivity contribution in [2.75, 3.05) is 0 Å². The van der Waals surface area contributed by atoms with Crippen LogP contribution in [-0.2, 0) is 6.18 Å². The molecule has 5 nitrogen and oxygen atoms in total. The number of halogens is 3. The van der Waals surface area contributed by atoms with Crippen LogP contribution in [0.5, 0.6) is 0 Å². The molecule has 4 aromatic rings. The van der Waals surface area contributed by atoms with Gasteiger partial charge in [-0.25, -0.2) is 4.98 Å². The minimum atomic E-state index is -4.51. The second-order valence-corrected chi connectivity index (χ2v) is 5.27. The van der Waals surface area contributed by atoms with E-state index in [2.05, 4.69) is 20.3 Å². The Labute approximate surface area is 127 Å². The molecule has 0 atom stereocenters. The van der Waals surface area contributed by atoms with E-state index in [1.165, 1.54) is 0 Å². The lowest BCUT2D eigenvalue weighted by Gasteiger charge is -2.09. The molecule has 0 unspecified atom stereocenters. The zero-order valence-electron chi connectivity index (χ0n) is 11.9. The molecule has 0 bridgehead atoms. The van der Waals surface area contributed by atoms with Gasteiger partial charge in [0.1, 0.15) is 5.69 Å². The van der Waals surface area contributed by atoms with Crippen molar-refractivity contribution in [3.8, 4) is 11.3 Å². The molecule has 23 heavy (non-hydrogen) atoms. The van der Waals surface area contributed by atoms with Crippen LogP contribution in [0.4, 0.5) is 13.2 Å². The Morgan fingerprint density at radius 3 is 2.61 bits per heavy atom. The Morgan fingerprint density at radius 2 is 1.83 bits per heavy atom. The molecule has 0 amide bonds. The first-order chi connectivity index (χ1) is 10.9. The largest absolute Gasteiger partial charge is 0.433 e. The monoisotopic (exact) mass is 317 g/mol. The van der Waals surface area contributed by atoms with E-state index < -0.39 is 11.9 Å². The Bertz CT molecular complexity index is 1030. The summed E-state index contributed by atoms with van der Waals surface area (Å²) in [7, 11) is 0. The number of hydrogen-bond donors (Lipinski definition) is 2. The van der Waals surface area contributed by atoms with Gasteiger partial charge in [0.25, 0.3) is 0 Å². The number of pyridine rings is 1. The number of H-pyrrole nitrogens is 2. The number of aromatic nitrogens is 5. The highest BCUT2D eigenvalue weighted by Gasteiger charge is 2.36. The molecule has 0 aliphatic rings. The van der Waals surface area contributed by atoms with Crippen LogP contribution < -0.4 is 0 Å². The summed E-state index contributed by atoms with van der Waals surface area (Å²) in [5, 5.41) is 14.2. The van der Waals surface area contributed by atoms with Crippen molar-refractivity contribution in [1.29, 1.82) is 0 Å². The molecule has 0 aliphatic carbocycles. The molecule has 8 heteroatoms. The SMILES string of the molecule is Cc1cc(-c2cn[nH]c2C(F)(F)F)nc2ccc3[nH]ncc3c12. The van der Waals surface area contributed by atoms with Gasteiger partial charge in [-0.3, -0.25) is 10.2 Å². The summed E-state index contributed by atoms with van der Waals surface area (Å²) in [5.74, 6) is 0. The molecule has 3 heterocycles. The molecule has 0 spiro atoms. The van der Waals surface area contributed by atoms with Crippen molar-refractivity contribution in [2.45, 2.75) is 13.1 Å². The van der Waals surface area contributed by atoms with E-state index in [1.54, 1.807) is 24.4 Å². The number of aromatic amines is 2. The molecule has 3 aromatic heterocycles. The van der Waals surface area contributed by atoms with Crippen molar-refractivity contribution in [3.63, 3.8) is 0 Å². The number of benzene rings is 1. The van der Waals surface area contributed by atoms with Crippen LogP contribution in [0.1, 0.15) is 11.3 Å². The Morgan fingerprint density at radius 1 is 1.04 bits per heavy atom. The number of alkyl halides is 3. The molecule has 0 saturated heterocycles. The number of nitrogens with one attached hydrogen (secondary N) is 2. The highest BCUT2D eigenvalue weighted by atomic mass is 19.4. The predicted octanol–water partition coefficient (Wildman–Crippen LogP) is 3.83. The molecule has 0 aliphatic heterocycles. The van der Waals surface area contributed by atoms with E-state index in [4.69, 9.17) is 0 Å². The third kappa shape index (κ3) is 2.06. The van der Waals surface area contributed by atoms with Crippen LogP contribution in [0.3, 0.4) is 0 Å².